The molecule has 0 aromatic heterocycles. The molecule has 4 nitrogen and oxygen atoms in total. The minimum atomic E-state index is 0.0502. The molecule has 0 aromatic carbocycles. The summed E-state index contributed by atoms with van der Waals surface area (Å²) in [5.74, 6) is 0. The molecule has 0 spiro atoms. The van der Waals surface area contributed by atoms with Gasteiger partial charge in [0.1, 0.15) is 0 Å². The molecule has 0 bridgehead atoms. The average molecular weight is 200 g/mol. The molecule has 0 aliphatic carbocycles. The Morgan fingerprint density at radius 2 is 2.43 bits per heavy atom. The van der Waals surface area contributed by atoms with Crippen molar-refractivity contribution in [1.29, 1.82) is 0 Å². The van der Waals surface area contributed by atoms with Crippen LogP contribution in [-0.4, -0.2) is 43.3 Å². The SMILES string of the molecule is CCCCNC(=O)N1CCOC[C@H]1C. The molecule has 1 saturated heterocycles. The van der Waals surface area contributed by atoms with Gasteiger partial charge >= 0.3 is 6.03 Å². The smallest absolute Gasteiger partial charge is 0.317 e. The summed E-state index contributed by atoms with van der Waals surface area (Å²) >= 11 is 0. The molecule has 1 heterocycles. The van der Waals surface area contributed by atoms with Gasteiger partial charge in [0.2, 0.25) is 0 Å². The van der Waals surface area contributed by atoms with Gasteiger partial charge in [-0.05, 0) is 13.3 Å². The van der Waals surface area contributed by atoms with E-state index in [1.807, 2.05) is 11.8 Å². The van der Waals surface area contributed by atoms with Crippen molar-refractivity contribution < 1.29 is 9.53 Å². The van der Waals surface area contributed by atoms with Crippen molar-refractivity contribution in [2.24, 2.45) is 0 Å². The number of carbonyl (C=O) groups is 1. The van der Waals surface area contributed by atoms with Crippen molar-refractivity contribution >= 4 is 6.03 Å². The van der Waals surface area contributed by atoms with E-state index in [1.54, 1.807) is 0 Å². The van der Waals surface area contributed by atoms with Gasteiger partial charge in [0.25, 0.3) is 0 Å². The van der Waals surface area contributed by atoms with Crippen LogP contribution in [0.3, 0.4) is 0 Å². The molecule has 1 atom stereocenters. The zero-order valence-electron chi connectivity index (χ0n) is 9.08. The number of hydrogen-bond donors (Lipinski definition) is 1. The van der Waals surface area contributed by atoms with Crippen LogP contribution in [0, 0.1) is 0 Å². The number of nitrogens with zero attached hydrogens (tertiary/aromatic N) is 1. The third-order valence-corrected chi connectivity index (χ3v) is 2.44. The number of ether oxygens (including phenoxy) is 1. The van der Waals surface area contributed by atoms with Gasteiger partial charge in [-0.15, -0.1) is 0 Å². The minimum absolute atomic E-state index is 0.0502. The van der Waals surface area contributed by atoms with Gasteiger partial charge in [-0.3, -0.25) is 0 Å². The second-order valence-corrected chi connectivity index (χ2v) is 3.70. The number of unbranched alkanes of at least 4 members (excludes halogenated alkanes) is 1. The molecule has 1 rings (SSSR count). The molecule has 0 aromatic rings. The van der Waals surface area contributed by atoms with Crippen molar-refractivity contribution in [3.8, 4) is 0 Å². The lowest BCUT2D eigenvalue weighted by Gasteiger charge is -2.33. The molecule has 4 heteroatoms. The molecule has 82 valence electrons. The summed E-state index contributed by atoms with van der Waals surface area (Å²) in [7, 11) is 0. The normalized spacial score (nSPS) is 22.1. The van der Waals surface area contributed by atoms with Crippen molar-refractivity contribution in [2.75, 3.05) is 26.3 Å². The van der Waals surface area contributed by atoms with Gasteiger partial charge < -0.3 is 15.0 Å². The summed E-state index contributed by atoms with van der Waals surface area (Å²) < 4.78 is 5.27. The number of nitrogens with one attached hydrogen (secondary N) is 1. The monoisotopic (exact) mass is 200 g/mol. The van der Waals surface area contributed by atoms with Gasteiger partial charge in [0, 0.05) is 13.1 Å². The Bertz CT molecular complexity index is 185. The summed E-state index contributed by atoms with van der Waals surface area (Å²) in [6.45, 7) is 6.92. The van der Waals surface area contributed by atoms with E-state index in [-0.39, 0.29) is 12.1 Å². The summed E-state index contributed by atoms with van der Waals surface area (Å²) in [6, 6.07) is 0.250. The van der Waals surface area contributed by atoms with E-state index >= 15 is 0 Å². The van der Waals surface area contributed by atoms with E-state index in [0.717, 1.165) is 19.4 Å². The minimum Gasteiger partial charge on any atom is -0.377 e. The number of hydrogen-bond acceptors (Lipinski definition) is 2. The van der Waals surface area contributed by atoms with E-state index in [2.05, 4.69) is 12.2 Å². The Labute approximate surface area is 85.6 Å². The molecular weight excluding hydrogens is 180 g/mol. The number of carbonyl (C=O) groups excluding carboxylic acids is 1. The zero-order valence-corrected chi connectivity index (χ0v) is 9.08. The van der Waals surface area contributed by atoms with Crippen LogP contribution >= 0.6 is 0 Å². The molecule has 0 unspecified atom stereocenters. The summed E-state index contributed by atoms with van der Waals surface area (Å²) in [5, 5.41) is 2.92. The van der Waals surface area contributed by atoms with Crippen LogP contribution in [0.25, 0.3) is 0 Å². The first-order chi connectivity index (χ1) is 6.75. The molecule has 1 N–H and O–H groups in total. The van der Waals surface area contributed by atoms with Gasteiger partial charge in [0.15, 0.2) is 0 Å². The van der Waals surface area contributed by atoms with Crippen LogP contribution in [-0.2, 0) is 4.74 Å². The van der Waals surface area contributed by atoms with Crippen LogP contribution < -0.4 is 5.32 Å². The zero-order chi connectivity index (χ0) is 10.4. The van der Waals surface area contributed by atoms with E-state index < -0.39 is 0 Å². The second kappa shape index (κ2) is 5.86. The average Bonchev–Trinajstić information content (AvgIpc) is 2.18. The Kier molecular flexibility index (Phi) is 4.73. The van der Waals surface area contributed by atoms with Gasteiger partial charge in [-0.2, -0.15) is 0 Å². The molecule has 14 heavy (non-hydrogen) atoms. The largest absolute Gasteiger partial charge is 0.377 e. The van der Waals surface area contributed by atoms with Crippen molar-refractivity contribution in [3.63, 3.8) is 0 Å². The lowest BCUT2D eigenvalue weighted by atomic mass is 10.3. The first kappa shape index (κ1) is 11.3. The summed E-state index contributed by atoms with van der Waals surface area (Å²) in [6.07, 6.45) is 2.16. The third-order valence-electron chi connectivity index (χ3n) is 2.44. The molecular formula is C10H20N2O2. The third kappa shape index (κ3) is 3.18. The van der Waals surface area contributed by atoms with Crippen molar-refractivity contribution in [1.82, 2.24) is 10.2 Å². The Morgan fingerprint density at radius 3 is 3.07 bits per heavy atom. The predicted octanol–water partition coefficient (Wildman–Crippen LogP) is 1.22. The maximum Gasteiger partial charge on any atom is 0.317 e. The maximum atomic E-state index is 11.6. The number of rotatable bonds is 3. The van der Waals surface area contributed by atoms with E-state index in [9.17, 15) is 4.79 Å². The van der Waals surface area contributed by atoms with Gasteiger partial charge in [-0.25, -0.2) is 4.79 Å². The summed E-state index contributed by atoms with van der Waals surface area (Å²) in [5.41, 5.74) is 0. The fourth-order valence-corrected chi connectivity index (χ4v) is 1.50. The van der Waals surface area contributed by atoms with Crippen LogP contribution in [0.5, 0.6) is 0 Å². The first-order valence-electron chi connectivity index (χ1n) is 5.38. The fraction of sp³-hybridized carbons (Fsp3) is 0.900. The van der Waals surface area contributed by atoms with Gasteiger partial charge in [-0.1, -0.05) is 13.3 Å². The van der Waals surface area contributed by atoms with Crippen LogP contribution in [0.15, 0.2) is 0 Å². The highest BCUT2D eigenvalue weighted by Gasteiger charge is 2.22. The number of amides is 2. The van der Waals surface area contributed by atoms with E-state index in [4.69, 9.17) is 4.74 Å². The number of urea groups is 1. The van der Waals surface area contributed by atoms with E-state index in [1.165, 1.54) is 0 Å². The molecule has 0 saturated carbocycles. The van der Waals surface area contributed by atoms with Crippen molar-refractivity contribution in [3.05, 3.63) is 0 Å². The Hall–Kier alpha value is -0.770. The molecule has 1 aliphatic heterocycles. The number of morpholine rings is 1. The lowest BCUT2D eigenvalue weighted by Crippen LogP contribution is -2.51. The highest BCUT2D eigenvalue weighted by Crippen LogP contribution is 2.05. The van der Waals surface area contributed by atoms with Gasteiger partial charge in [0.05, 0.1) is 19.3 Å². The molecule has 1 fully saturated rings. The topological polar surface area (TPSA) is 41.6 Å². The Morgan fingerprint density at radius 1 is 1.64 bits per heavy atom. The predicted molar refractivity (Wildman–Crippen MR) is 55.3 cm³/mol. The molecule has 1 aliphatic rings. The Balaban J connectivity index is 2.27. The highest BCUT2D eigenvalue weighted by atomic mass is 16.5. The second-order valence-electron chi connectivity index (χ2n) is 3.70. The lowest BCUT2D eigenvalue weighted by molar-refractivity contribution is 0.0191. The maximum absolute atomic E-state index is 11.6. The van der Waals surface area contributed by atoms with E-state index in [0.29, 0.717) is 19.8 Å². The highest BCUT2D eigenvalue weighted by molar-refractivity contribution is 5.74. The quantitative estimate of drug-likeness (QED) is 0.696. The van der Waals surface area contributed by atoms with Crippen LogP contribution in [0.4, 0.5) is 4.79 Å². The van der Waals surface area contributed by atoms with Crippen LogP contribution in [0.1, 0.15) is 26.7 Å². The fourth-order valence-electron chi connectivity index (χ4n) is 1.50. The first-order valence-corrected chi connectivity index (χ1v) is 5.38. The standard InChI is InChI=1S/C10H20N2O2/c1-3-4-5-11-10(13)12-6-7-14-8-9(12)2/h9H,3-8H2,1-2H3,(H,11,13)/t9-/m1/s1. The molecule has 2 amide bonds. The van der Waals surface area contributed by atoms with Crippen molar-refractivity contribution in [2.45, 2.75) is 32.7 Å². The van der Waals surface area contributed by atoms with Crippen LogP contribution in [0.2, 0.25) is 0 Å². The summed E-state index contributed by atoms with van der Waals surface area (Å²) in [4.78, 5) is 13.5. The molecule has 0 radical (unpaired) electrons.